The van der Waals surface area contributed by atoms with E-state index < -0.39 is 12.1 Å². The molecule has 0 N–H and O–H groups in total. The number of methoxy groups -OCH3 is 1. The van der Waals surface area contributed by atoms with Gasteiger partial charge >= 0.3 is 5.97 Å². The number of hydrogen-bond donors (Lipinski definition) is 0. The molecule has 0 saturated carbocycles. The zero-order chi connectivity index (χ0) is 18.0. The van der Waals surface area contributed by atoms with Gasteiger partial charge in [-0.2, -0.15) is 0 Å². The van der Waals surface area contributed by atoms with E-state index in [1.54, 1.807) is 55.6 Å². The summed E-state index contributed by atoms with van der Waals surface area (Å²) in [6, 6.07) is 13.6. The van der Waals surface area contributed by atoms with Crippen LogP contribution in [0.1, 0.15) is 39.3 Å². The van der Waals surface area contributed by atoms with Crippen molar-refractivity contribution in [3.8, 4) is 5.75 Å². The van der Waals surface area contributed by atoms with Gasteiger partial charge in [0.1, 0.15) is 11.9 Å². The zero-order valence-corrected chi connectivity index (χ0v) is 13.9. The minimum atomic E-state index is -0.745. The molecule has 128 valence electrons. The highest BCUT2D eigenvalue weighted by molar-refractivity contribution is 6.21. The van der Waals surface area contributed by atoms with Crippen molar-refractivity contribution in [1.82, 2.24) is 4.90 Å². The minimum absolute atomic E-state index is 0.0434. The van der Waals surface area contributed by atoms with E-state index in [1.165, 1.54) is 6.92 Å². The van der Waals surface area contributed by atoms with Crippen molar-refractivity contribution in [3.63, 3.8) is 0 Å². The van der Waals surface area contributed by atoms with Crippen molar-refractivity contribution in [2.24, 2.45) is 0 Å². The van der Waals surface area contributed by atoms with Crippen LogP contribution in [0.3, 0.4) is 0 Å². The average Bonchev–Trinajstić information content (AvgIpc) is 2.86. The lowest BCUT2D eigenvalue weighted by Crippen LogP contribution is -2.35. The number of nitrogens with zero attached hydrogens (tertiary/aromatic N) is 1. The monoisotopic (exact) mass is 339 g/mol. The summed E-state index contributed by atoms with van der Waals surface area (Å²) in [6.45, 7) is 1.25. The molecule has 0 radical (unpaired) electrons. The van der Waals surface area contributed by atoms with Crippen LogP contribution in [0.4, 0.5) is 0 Å². The Bertz CT molecular complexity index is 793. The van der Waals surface area contributed by atoms with E-state index in [2.05, 4.69) is 0 Å². The van der Waals surface area contributed by atoms with Gasteiger partial charge in [0.25, 0.3) is 11.8 Å². The molecule has 1 aliphatic heterocycles. The first kappa shape index (κ1) is 16.7. The fourth-order valence-corrected chi connectivity index (χ4v) is 2.80. The van der Waals surface area contributed by atoms with Crippen molar-refractivity contribution in [3.05, 3.63) is 65.2 Å². The number of fused-ring (bicyclic) bond motifs is 1. The molecular weight excluding hydrogens is 322 g/mol. The van der Waals surface area contributed by atoms with Crippen LogP contribution in [0.5, 0.6) is 5.75 Å². The van der Waals surface area contributed by atoms with Crippen LogP contribution >= 0.6 is 0 Å². The van der Waals surface area contributed by atoms with Crippen LogP contribution in [0.2, 0.25) is 0 Å². The lowest BCUT2D eigenvalue weighted by atomic mass is 10.1. The molecule has 2 aromatic rings. The van der Waals surface area contributed by atoms with Gasteiger partial charge < -0.3 is 9.47 Å². The Morgan fingerprint density at radius 1 is 1.00 bits per heavy atom. The number of rotatable bonds is 5. The Morgan fingerprint density at radius 3 is 2.04 bits per heavy atom. The third-order valence-corrected chi connectivity index (χ3v) is 4.02. The fraction of sp³-hybridized carbons (Fsp3) is 0.211. The van der Waals surface area contributed by atoms with Crippen molar-refractivity contribution in [2.75, 3.05) is 13.7 Å². The number of amides is 2. The van der Waals surface area contributed by atoms with Crippen molar-refractivity contribution in [1.29, 1.82) is 0 Å². The first-order valence-electron chi connectivity index (χ1n) is 7.77. The van der Waals surface area contributed by atoms with E-state index in [9.17, 15) is 14.4 Å². The molecule has 0 bridgehead atoms. The van der Waals surface area contributed by atoms with E-state index in [1.807, 2.05) is 0 Å². The van der Waals surface area contributed by atoms with Gasteiger partial charge in [-0.3, -0.25) is 19.3 Å². The lowest BCUT2D eigenvalue weighted by molar-refractivity contribution is -0.147. The first-order chi connectivity index (χ1) is 12.0. The highest BCUT2D eigenvalue weighted by atomic mass is 16.5. The molecule has 0 fully saturated rings. The van der Waals surface area contributed by atoms with Crippen molar-refractivity contribution < 1.29 is 23.9 Å². The predicted octanol–water partition coefficient (Wildman–Crippen LogP) is 2.60. The molecule has 1 heterocycles. The van der Waals surface area contributed by atoms with Gasteiger partial charge in [-0.25, -0.2) is 0 Å². The molecule has 3 rings (SSSR count). The number of ether oxygens (including phenoxy) is 2. The predicted molar refractivity (Wildman–Crippen MR) is 89.3 cm³/mol. The summed E-state index contributed by atoms with van der Waals surface area (Å²) >= 11 is 0. The number of carbonyl (C=O) groups is 3. The van der Waals surface area contributed by atoms with E-state index in [0.717, 1.165) is 4.90 Å². The number of esters is 1. The maximum Gasteiger partial charge on any atom is 0.303 e. The fourth-order valence-electron chi connectivity index (χ4n) is 2.80. The van der Waals surface area contributed by atoms with Crippen molar-refractivity contribution in [2.45, 2.75) is 13.0 Å². The quantitative estimate of drug-likeness (QED) is 0.618. The molecule has 2 aromatic carbocycles. The molecule has 1 unspecified atom stereocenters. The second-order valence-electron chi connectivity index (χ2n) is 5.64. The molecule has 1 atom stereocenters. The SMILES string of the molecule is COc1ccc(C(CN2C(=O)c3ccccc3C2=O)OC(C)=O)cc1. The summed E-state index contributed by atoms with van der Waals surface area (Å²) < 4.78 is 10.5. The normalized spacial score (nSPS) is 14.2. The number of hydrogen-bond acceptors (Lipinski definition) is 5. The van der Waals surface area contributed by atoms with E-state index in [-0.39, 0.29) is 18.4 Å². The summed E-state index contributed by atoms with van der Waals surface area (Å²) in [5.41, 5.74) is 1.40. The van der Waals surface area contributed by atoms with Crippen LogP contribution < -0.4 is 4.74 Å². The summed E-state index contributed by atoms with van der Waals surface area (Å²) in [6.07, 6.45) is -0.745. The molecule has 1 aliphatic rings. The van der Waals surface area contributed by atoms with Crippen LogP contribution in [0.15, 0.2) is 48.5 Å². The molecule has 0 aliphatic carbocycles. The topological polar surface area (TPSA) is 72.9 Å². The molecule has 25 heavy (non-hydrogen) atoms. The first-order valence-corrected chi connectivity index (χ1v) is 7.77. The van der Waals surface area contributed by atoms with Gasteiger partial charge in [0.2, 0.25) is 0 Å². The summed E-state index contributed by atoms with van der Waals surface area (Å²) in [4.78, 5) is 37.6. The highest BCUT2D eigenvalue weighted by Gasteiger charge is 2.37. The molecule has 0 saturated heterocycles. The van der Waals surface area contributed by atoms with Gasteiger partial charge in [0, 0.05) is 6.92 Å². The molecule has 0 spiro atoms. The van der Waals surface area contributed by atoms with Crippen molar-refractivity contribution >= 4 is 17.8 Å². The van der Waals surface area contributed by atoms with E-state index >= 15 is 0 Å². The Kier molecular flexibility index (Phi) is 4.52. The van der Waals surface area contributed by atoms with Gasteiger partial charge in [-0.15, -0.1) is 0 Å². The molecule has 6 heteroatoms. The third-order valence-electron chi connectivity index (χ3n) is 4.02. The zero-order valence-electron chi connectivity index (χ0n) is 13.9. The van der Waals surface area contributed by atoms with Crippen LogP contribution in [0.25, 0.3) is 0 Å². The molecule has 2 amide bonds. The summed E-state index contributed by atoms with van der Waals surface area (Å²) in [7, 11) is 1.55. The Labute approximate surface area is 145 Å². The smallest absolute Gasteiger partial charge is 0.303 e. The summed E-state index contributed by atoms with van der Waals surface area (Å²) in [5.74, 6) is -0.596. The molecule has 6 nitrogen and oxygen atoms in total. The van der Waals surface area contributed by atoms with Gasteiger partial charge in [-0.1, -0.05) is 24.3 Å². The third kappa shape index (κ3) is 3.24. The Hall–Kier alpha value is -3.15. The highest BCUT2D eigenvalue weighted by Crippen LogP contribution is 2.27. The maximum atomic E-state index is 12.5. The van der Waals surface area contributed by atoms with Crippen LogP contribution in [0, 0.1) is 0 Å². The van der Waals surface area contributed by atoms with Gasteiger partial charge in [0.05, 0.1) is 24.8 Å². The number of carbonyl (C=O) groups excluding carboxylic acids is 3. The van der Waals surface area contributed by atoms with Crippen LogP contribution in [-0.2, 0) is 9.53 Å². The number of imide groups is 1. The Morgan fingerprint density at radius 2 is 1.56 bits per heavy atom. The largest absolute Gasteiger partial charge is 0.497 e. The van der Waals surface area contributed by atoms with Crippen LogP contribution in [-0.4, -0.2) is 36.3 Å². The lowest BCUT2D eigenvalue weighted by Gasteiger charge is -2.23. The summed E-state index contributed by atoms with van der Waals surface area (Å²) in [5, 5.41) is 0. The minimum Gasteiger partial charge on any atom is -0.497 e. The maximum absolute atomic E-state index is 12.5. The molecule has 0 aromatic heterocycles. The average molecular weight is 339 g/mol. The molecular formula is C19H17NO5. The Balaban J connectivity index is 1.87. The second-order valence-corrected chi connectivity index (χ2v) is 5.64. The van der Waals surface area contributed by atoms with E-state index in [4.69, 9.17) is 9.47 Å². The van der Waals surface area contributed by atoms with Gasteiger partial charge in [-0.05, 0) is 29.8 Å². The number of benzene rings is 2. The second kappa shape index (κ2) is 6.76. The standard InChI is InChI=1S/C19H17NO5/c1-12(21)25-17(13-7-9-14(24-2)10-8-13)11-20-18(22)15-5-3-4-6-16(15)19(20)23/h3-10,17H,11H2,1-2H3. The van der Waals surface area contributed by atoms with E-state index in [0.29, 0.717) is 22.4 Å². The van der Waals surface area contributed by atoms with Gasteiger partial charge in [0.15, 0.2) is 0 Å².